The van der Waals surface area contributed by atoms with Crippen LogP contribution in [0.25, 0.3) is 11.6 Å². The van der Waals surface area contributed by atoms with Crippen molar-refractivity contribution in [2.45, 2.75) is 0 Å². The molecule has 0 saturated heterocycles. The molecule has 128 valence electrons. The van der Waals surface area contributed by atoms with E-state index in [9.17, 15) is 4.79 Å². The fourth-order valence-corrected chi connectivity index (χ4v) is 3.71. The number of hydrogen-bond donors (Lipinski definition) is 0. The molecular weight excluding hydrogens is 390 g/mol. The van der Waals surface area contributed by atoms with Crippen molar-refractivity contribution in [3.63, 3.8) is 0 Å². The van der Waals surface area contributed by atoms with Crippen LogP contribution >= 0.6 is 15.9 Å². The molecule has 0 spiro atoms. The highest BCUT2D eigenvalue weighted by atomic mass is 79.9. The van der Waals surface area contributed by atoms with Gasteiger partial charge in [0.1, 0.15) is 5.75 Å². The maximum atomic E-state index is 13.2. The third kappa shape index (κ3) is 2.82. The highest BCUT2D eigenvalue weighted by Crippen LogP contribution is 2.42. The Morgan fingerprint density at radius 2 is 1.69 bits per heavy atom. The van der Waals surface area contributed by atoms with Crippen molar-refractivity contribution in [1.29, 1.82) is 0 Å². The van der Waals surface area contributed by atoms with Crippen LogP contribution in [0.5, 0.6) is 5.75 Å². The van der Waals surface area contributed by atoms with Crippen molar-refractivity contribution >= 4 is 44.9 Å². The third-order valence-electron chi connectivity index (χ3n) is 4.37. The van der Waals surface area contributed by atoms with Crippen LogP contribution < -0.4 is 9.64 Å². The second-order valence-corrected chi connectivity index (χ2v) is 6.80. The van der Waals surface area contributed by atoms with Crippen LogP contribution in [-0.2, 0) is 4.79 Å². The minimum absolute atomic E-state index is 0.0238. The largest absolute Gasteiger partial charge is 0.496 e. The summed E-state index contributed by atoms with van der Waals surface area (Å²) >= 11 is 3.50. The summed E-state index contributed by atoms with van der Waals surface area (Å²) < 4.78 is 6.13. The number of anilines is 2. The van der Waals surface area contributed by atoms with Crippen LogP contribution in [0.4, 0.5) is 11.4 Å². The van der Waals surface area contributed by atoms with Gasteiger partial charge in [0, 0.05) is 11.3 Å². The topological polar surface area (TPSA) is 29.5 Å². The number of carbonyl (C=O) groups is 1. The summed E-state index contributed by atoms with van der Waals surface area (Å²) in [6.45, 7) is 0. The average molecular weight is 406 g/mol. The first-order valence-corrected chi connectivity index (χ1v) is 9.02. The van der Waals surface area contributed by atoms with E-state index in [2.05, 4.69) is 15.9 Å². The average Bonchev–Trinajstić information content (AvgIpc) is 2.94. The van der Waals surface area contributed by atoms with E-state index in [-0.39, 0.29) is 5.91 Å². The van der Waals surface area contributed by atoms with Gasteiger partial charge in [-0.3, -0.25) is 9.69 Å². The number of para-hydroxylation sites is 2. The number of ether oxygens (including phenoxy) is 1. The standard InChI is InChI=1S/C22H16BrNO2/c1-26-21-12-11-15(14-19(21)23)13-18-17-9-5-6-10-20(17)24(22(18)25)16-7-3-2-4-8-16/h2-14H,1H3/b18-13+. The van der Waals surface area contributed by atoms with E-state index in [1.807, 2.05) is 78.9 Å². The number of benzene rings is 3. The molecule has 1 amide bonds. The molecule has 0 saturated carbocycles. The van der Waals surface area contributed by atoms with Crippen LogP contribution in [0.3, 0.4) is 0 Å². The lowest BCUT2D eigenvalue weighted by atomic mass is 10.0. The van der Waals surface area contributed by atoms with E-state index < -0.39 is 0 Å². The van der Waals surface area contributed by atoms with Gasteiger partial charge in [0.15, 0.2) is 0 Å². The number of hydrogen-bond acceptors (Lipinski definition) is 2. The van der Waals surface area contributed by atoms with Crippen molar-refractivity contribution in [2.75, 3.05) is 12.0 Å². The molecule has 0 unspecified atom stereocenters. The monoisotopic (exact) mass is 405 g/mol. The van der Waals surface area contributed by atoms with Gasteiger partial charge in [0.25, 0.3) is 5.91 Å². The predicted molar refractivity (Wildman–Crippen MR) is 109 cm³/mol. The first-order chi connectivity index (χ1) is 12.7. The molecule has 4 heteroatoms. The van der Waals surface area contributed by atoms with Crippen LogP contribution in [0.15, 0.2) is 77.3 Å². The molecule has 1 heterocycles. The summed E-state index contributed by atoms with van der Waals surface area (Å²) in [6.07, 6.45) is 1.92. The van der Waals surface area contributed by atoms with Gasteiger partial charge in [-0.25, -0.2) is 0 Å². The Hall–Kier alpha value is -2.85. The van der Waals surface area contributed by atoms with Gasteiger partial charge >= 0.3 is 0 Å². The van der Waals surface area contributed by atoms with E-state index in [1.165, 1.54) is 0 Å². The summed E-state index contributed by atoms with van der Waals surface area (Å²) in [4.78, 5) is 15.0. The molecule has 3 aromatic carbocycles. The summed E-state index contributed by atoms with van der Waals surface area (Å²) in [6, 6.07) is 23.4. The summed E-state index contributed by atoms with van der Waals surface area (Å²) in [7, 11) is 1.63. The Bertz CT molecular complexity index is 1010. The third-order valence-corrected chi connectivity index (χ3v) is 4.99. The smallest absolute Gasteiger partial charge is 0.263 e. The molecule has 4 rings (SSSR count). The van der Waals surface area contributed by atoms with Crippen molar-refractivity contribution in [3.05, 3.63) is 88.4 Å². The molecule has 1 aliphatic rings. The van der Waals surface area contributed by atoms with E-state index in [0.29, 0.717) is 5.57 Å². The lowest BCUT2D eigenvalue weighted by Gasteiger charge is -2.16. The molecule has 1 aliphatic heterocycles. The quantitative estimate of drug-likeness (QED) is 0.524. The van der Waals surface area contributed by atoms with E-state index in [1.54, 1.807) is 12.0 Å². The summed E-state index contributed by atoms with van der Waals surface area (Å²) in [5.74, 6) is 0.737. The number of carbonyl (C=O) groups excluding carboxylic acids is 1. The number of fused-ring (bicyclic) bond motifs is 1. The van der Waals surface area contributed by atoms with Crippen LogP contribution in [0.1, 0.15) is 11.1 Å². The number of halogens is 1. The molecule has 0 aliphatic carbocycles. The number of methoxy groups -OCH3 is 1. The molecule has 26 heavy (non-hydrogen) atoms. The maximum Gasteiger partial charge on any atom is 0.263 e. The second-order valence-electron chi connectivity index (χ2n) is 5.95. The van der Waals surface area contributed by atoms with Crippen LogP contribution in [0, 0.1) is 0 Å². The Kier molecular flexibility index (Phi) is 4.35. The maximum absolute atomic E-state index is 13.2. The zero-order valence-corrected chi connectivity index (χ0v) is 15.7. The highest BCUT2D eigenvalue weighted by molar-refractivity contribution is 9.10. The van der Waals surface area contributed by atoms with Gasteiger partial charge < -0.3 is 4.74 Å². The molecule has 0 aromatic heterocycles. The highest BCUT2D eigenvalue weighted by Gasteiger charge is 2.32. The lowest BCUT2D eigenvalue weighted by molar-refractivity contribution is -0.112. The number of nitrogens with zero attached hydrogens (tertiary/aromatic N) is 1. The Labute approximate surface area is 160 Å². The summed E-state index contributed by atoms with van der Waals surface area (Å²) in [5.41, 5.74) is 4.33. The Balaban J connectivity index is 1.83. The minimum atomic E-state index is -0.0238. The molecule has 3 aromatic rings. The van der Waals surface area contributed by atoms with E-state index in [4.69, 9.17) is 4.74 Å². The van der Waals surface area contributed by atoms with Gasteiger partial charge in [-0.2, -0.15) is 0 Å². The SMILES string of the molecule is COc1ccc(/C=C2/C(=O)N(c3ccccc3)c3ccccc32)cc1Br. The zero-order chi connectivity index (χ0) is 18.1. The fourth-order valence-electron chi connectivity index (χ4n) is 3.15. The Morgan fingerprint density at radius 3 is 2.42 bits per heavy atom. The normalized spacial score (nSPS) is 14.6. The zero-order valence-electron chi connectivity index (χ0n) is 14.1. The fraction of sp³-hybridized carbons (Fsp3) is 0.0455. The molecule has 0 bridgehead atoms. The molecule has 0 radical (unpaired) electrons. The van der Waals surface area contributed by atoms with Gasteiger partial charge in [-0.1, -0.05) is 42.5 Å². The molecule has 3 nitrogen and oxygen atoms in total. The van der Waals surface area contributed by atoms with Gasteiger partial charge in [-0.05, 0) is 57.9 Å². The first-order valence-electron chi connectivity index (χ1n) is 8.23. The lowest BCUT2D eigenvalue weighted by Crippen LogP contribution is -2.20. The number of amides is 1. The van der Waals surface area contributed by atoms with Gasteiger partial charge in [0.05, 0.1) is 22.8 Å². The molecule has 0 fully saturated rings. The van der Waals surface area contributed by atoms with E-state index in [0.717, 1.165) is 32.7 Å². The number of rotatable bonds is 3. The van der Waals surface area contributed by atoms with Gasteiger partial charge in [0.2, 0.25) is 0 Å². The Morgan fingerprint density at radius 1 is 0.962 bits per heavy atom. The molecule has 0 atom stereocenters. The minimum Gasteiger partial charge on any atom is -0.496 e. The van der Waals surface area contributed by atoms with Crippen molar-refractivity contribution < 1.29 is 9.53 Å². The van der Waals surface area contributed by atoms with Gasteiger partial charge in [-0.15, -0.1) is 0 Å². The van der Waals surface area contributed by atoms with Crippen molar-refractivity contribution in [1.82, 2.24) is 0 Å². The van der Waals surface area contributed by atoms with E-state index >= 15 is 0 Å². The van der Waals surface area contributed by atoms with Crippen LogP contribution in [0.2, 0.25) is 0 Å². The molecule has 0 N–H and O–H groups in total. The second kappa shape index (κ2) is 6.81. The van der Waals surface area contributed by atoms with Crippen molar-refractivity contribution in [3.8, 4) is 5.75 Å². The first kappa shape index (κ1) is 16.6. The molecular formula is C22H16BrNO2. The van der Waals surface area contributed by atoms with Crippen LogP contribution in [-0.4, -0.2) is 13.0 Å². The summed E-state index contributed by atoms with van der Waals surface area (Å²) in [5, 5.41) is 0. The predicted octanol–water partition coefficient (Wildman–Crippen LogP) is 5.68. The van der Waals surface area contributed by atoms with Crippen molar-refractivity contribution in [2.24, 2.45) is 0 Å².